The van der Waals surface area contributed by atoms with Gasteiger partial charge in [-0.05, 0) is 19.8 Å². The van der Waals surface area contributed by atoms with Gasteiger partial charge in [0.05, 0.1) is 0 Å². The van der Waals surface area contributed by atoms with Crippen LogP contribution in [0.15, 0.2) is 0 Å². The second-order valence-electron chi connectivity index (χ2n) is 13.0. The van der Waals surface area contributed by atoms with E-state index >= 15 is 0 Å². The summed E-state index contributed by atoms with van der Waals surface area (Å²) in [5.74, 6) is 4.99. The third-order valence-electron chi connectivity index (χ3n) is 8.65. The molecule has 0 radical (unpaired) electrons. The van der Waals surface area contributed by atoms with Gasteiger partial charge in [-0.2, -0.15) is 0 Å². The molecule has 0 spiro atoms. The molecular formula is C38H78N2O3. The van der Waals surface area contributed by atoms with Crippen LogP contribution in [0.3, 0.4) is 0 Å². The van der Waals surface area contributed by atoms with Crippen molar-refractivity contribution in [1.82, 2.24) is 5.01 Å². The standard InChI is InChI=1S/C20H42N2O.C18H36O2/c1-3-5-6-7-8-9-10-11-12-13-14-15-16-17-18-19-20(23)22(21)4-2;1-2-3-4-5-6-7-8-9-10-11-12-13-14-15-16-17-18(19)20/h3-19,21H2,1-2H3;2-17H2,1H3,(H,19,20). The Hall–Kier alpha value is -1.10. The molecule has 0 saturated carbocycles. The number of aliphatic carboxylic acids is 1. The molecule has 0 aromatic rings. The molecule has 0 atom stereocenters. The van der Waals surface area contributed by atoms with Crippen LogP contribution in [0.4, 0.5) is 0 Å². The highest BCUT2D eigenvalue weighted by Gasteiger charge is 2.05. The fraction of sp³-hybridized carbons (Fsp3) is 0.947. The van der Waals surface area contributed by atoms with Gasteiger partial charge in [0, 0.05) is 19.4 Å². The van der Waals surface area contributed by atoms with Crippen LogP contribution in [0.2, 0.25) is 0 Å². The van der Waals surface area contributed by atoms with Crippen LogP contribution in [0.25, 0.3) is 0 Å². The summed E-state index contributed by atoms with van der Waals surface area (Å²) in [5, 5.41) is 9.84. The molecule has 0 aliphatic heterocycles. The zero-order valence-corrected chi connectivity index (χ0v) is 29.6. The van der Waals surface area contributed by atoms with Gasteiger partial charge in [-0.15, -0.1) is 0 Å². The van der Waals surface area contributed by atoms with Crippen molar-refractivity contribution in [3.63, 3.8) is 0 Å². The number of hydrogen-bond donors (Lipinski definition) is 2. The monoisotopic (exact) mass is 611 g/mol. The molecule has 0 heterocycles. The summed E-state index contributed by atoms with van der Waals surface area (Å²) in [4.78, 5) is 21.8. The van der Waals surface area contributed by atoms with Crippen molar-refractivity contribution < 1.29 is 14.7 Å². The van der Waals surface area contributed by atoms with Crippen molar-refractivity contribution in [1.29, 1.82) is 0 Å². The number of amides is 1. The van der Waals surface area contributed by atoms with E-state index in [4.69, 9.17) is 10.9 Å². The van der Waals surface area contributed by atoms with Crippen LogP contribution in [0, 0.1) is 0 Å². The van der Waals surface area contributed by atoms with Gasteiger partial charge >= 0.3 is 5.97 Å². The van der Waals surface area contributed by atoms with E-state index in [0.29, 0.717) is 19.4 Å². The molecule has 258 valence electrons. The van der Waals surface area contributed by atoms with Crippen LogP contribution in [-0.2, 0) is 9.59 Å². The Morgan fingerprint density at radius 2 is 0.651 bits per heavy atom. The summed E-state index contributed by atoms with van der Waals surface area (Å²) in [7, 11) is 0. The van der Waals surface area contributed by atoms with Crippen molar-refractivity contribution in [3.8, 4) is 0 Å². The number of carbonyl (C=O) groups is 2. The number of nitrogens with zero attached hydrogens (tertiary/aromatic N) is 1. The van der Waals surface area contributed by atoms with E-state index in [9.17, 15) is 9.59 Å². The molecule has 43 heavy (non-hydrogen) atoms. The number of unbranched alkanes of at least 4 members (excludes halogenated alkanes) is 28. The second kappa shape index (κ2) is 38.9. The lowest BCUT2D eigenvalue weighted by Gasteiger charge is -2.13. The maximum Gasteiger partial charge on any atom is 0.303 e. The first kappa shape index (κ1) is 44.0. The maximum atomic E-state index is 11.5. The number of hydrogen-bond acceptors (Lipinski definition) is 3. The molecule has 5 heteroatoms. The maximum absolute atomic E-state index is 11.5. The summed E-state index contributed by atoms with van der Waals surface area (Å²) in [5.41, 5.74) is 0. The molecular weight excluding hydrogens is 532 g/mol. The third kappa shape index (κ3) is 40.9. The highest BCUT2D eigenvalue weighted by atomic mass is 16.4. The SMILES string of the molecule is CCCCCCCCCCCCCCCCCC(=O)N(N)CC.CCCCCCCCCCCCCCCCCC(=O)O. The largest absolute Gasteiger partial charge is 0.481 e. The fourth-order valence-electron chi connectivity index (χ4n) is 5.62. The molecule has 0 aromatic heterocycles. The Kier molecular flexibility index (Phi) is 39.9. The van der Waals surface area contributed by atoms with Gasteiger partial charge in [0.15, 0.2) is 0 Å². The van der Waals surface area contributed by atoms with E-state index in [1.807, 2.05) is 6.92 Å². The highest BCUT2D eigenvalue weighted by Crippen LogP contribution is 2.15. The number of carboxylic acids is 1. The molecule has 0 aromatic carbocycles. The summed E-state index contributed by atoms with van der Waals surface area (Å²) in [6.45, 7) is 7.06. The van der Waals surface area contributed by atoms with Crippen LogP contribution in [-0.4, -0.2) is 28.5 Å². The second-order valence-corrected chi connectivity index (χ2v) is 13.0. The first-order valence-electron chi connectivity index (χ1n) is 19.3. The van der Waals surface area contributed by atoms with Crippen molar-refractivity contribution in [2.75, 3.05) is 6.54 Å². The molecule has 5 nitrogen and oxygen atoms in total. The summed E-state index contributed by atoms with van der Waals surface area (Å²) < 4.78 is 0. The number of nitrogens with two attached hydrogens (primary N) is 1. The number of carboxylic acid groups (broad SMARTS) is 1. The summed E-state index contributed by atoms with van der Waals surface area (Å²) in [6.07, 6.45) is 41.1. The Bertz CT molecular complexity index is 555. The molecule has 1 amide bonds. The topological polar surface area (TPSA) is 83.6 Å². The lowest BCUT2D eigenvalue weighted by Crippen LogP contribution is -2.36. The molecule has 3 N–H and O–H groups in total. The van der Waals surface area contributed by atoms with E-state index in [0.717, 1.165) is 19.3 Å². The molecule has 0 bridgehead atoms. The minimum absolute atomic E-state index is 0.0854. The van der Waals surface area contributed by atoms with Gasteiger partial charge in [-0.1, -0.05) is 194 Å². The van der Waals surface area contributed by atoms with Crippen molar-refractivity contribution in [3.05, 3.63) is 0 Å². The van der Waals surface area contributed by atoms with E-state index in [1.54, 1.807) is 0 Å². The molecule has 0 unspecified atom stereocenters. The number of rotatable bonds is 33. The average molecular weight is 611 g/mol. The van der Waals surface area contributed by atoms with Crippen LogP contribution >= 0.6 is 0 Å². The van der Waals surface area contributed by atoms with Crippen molar-refractivity contribution in [2.45, 2.75) is 226 Å². The molecule has 0 aliphatic carbocycles. The zero-order valence-electron chi connectivity index (χ0n) is 29.6. The third-order valence-corrected chi connectivity index (χ3v) is 8.65. The van der Waals surface area contributed by atoms with E-state index < -0.39 is 5.97 Å². The summed E-state index contributed by atoms with van der Waals surface area (Å²) in [6, 6.07) is 0. The van der Waals surface area contributed by atoms with Gasteiger partial charge in [0.2, 0.25) is 5.91 Å². The Labute approximate surface area is 269 Å². The lowest BCUT2D eigenvalue weighted by molar-refractivity contribution is -0.137. The van der Waals surface area contributed by atoms with E-state index in [-0.39, 0.29) is 5.91 Å². The van der Waals surface area contributed by atoms with Gasteiger partial charge < -0.3 is 5.11 Å². The smallest absolute Gasteiger partial charge is 0.303 e. The Morgan fingerprint density at radius 3 is 0.884 bits per heavy atom. The van der Waals surface area contributed by atoms with Crippen LogP contribution in [0.1, 0.15) is 226 Å². The predicted octanol–water partition coefficient (Wildman–Crippen LogP) is 12.3. The lowest BCUT2D eigenvalue weighted by atomic mass is 10.0. The quantitative estimate of drug-likeness (QED) is 0.0335. The number of carbonyl (C=O) groups excluding carboxylic acids is 1. The first-order chi connectivity index (χ1) is 21.0. The molecule has 0 aliphatic rings. The first-order valence-corrected chi connectivity index (χ1v) is 19.3. The molecule has 0 saturated heterocycles. The highest BCUT2D eigenvalue weighted by molar-refractivity contribution is 5.75. The van der Waals surface area contributed by atoms with Crippen LogP contribution in [0.5, 0.6) is 0 Å². The van der Waals surface area contributed by atoms with E-state index in [1.165, 1.54) is 178 Å². The molecule has 0 fully saturated rings. The zero-order chi connectivity index (χ0) is 32.1. The normalized spacial score (nSPS) is 10.9. The fourth-order valence-corrected chi connectivity index (χ4v) is 5.62. The van der Waals surface area contributed by atoms with Crippen molar-refractivity contribution >= 4 is 11.9 Å². The minimum atomic E-state index is -0.653. The Balaban J connectivity index is 0. The average Bonchev–Trinajstić information content (AvgIpc) is 3.00. The predicted molar refractivity (Wildman–Crippen MR) is 188 cm³/mol. The van der Waals surface area contributed by atoms with Crippen LogP contribution < -0.4 is 5.84 Å². The van der Waals surface area contributed by atoms with Gasteiger partial charge in [-0.3, -0.25) is 14.6 Å². The number of hydrazine groups is 1. The van der Waals surface area contributed by atoms with Gasteiger partial charge in [-0.25, -0.2) is 5.84 Å². The van der Waals surface area contributed by atoms with Crippen molar-refractivity contribution in [2.24, 2.45) is 5.84 Å². The molecule has 0 rings (SSSR count). The van der Waals surface area contributed by atoms with E-state index in [2.05, 4.69) is 13.8 Å². The minimum Gasteiger partial charge on any atom is -0.481 e. The van der Waals surface area contributed by atoms with Gasteiger partial charge in [0.1, 0.15) is 0 Å². The van der Waals surface area contributed by atoms with Gasteiger partial charge in [0.25, 0.3) is 0 Å². The summed E-state index contributed by atoms with van der Waals surface area (Å²) >= 11 is 0. The Morgan fingerprint density at radius 1 is 0.419 bits per heavy atom.